The third-order valence-corrected chi connectivity index (χ3v) is 6.61. The van der Waals surface area contributed by atoms with Crippen molar-refractivity contribution in [3.05, 3.63) is 77.0 Å². The molecule has 4 atom stereocenters. The molecule has 0 saturated heterocycles. The van der Waals surface area contributed by atoms with E-state index < -0.39 is 0 Å². The monoisotopic (exact) mass is 406 g/mol. The first kappa shape index (κ1) is 21.9. The molecule has 4 unspecified atom stereocenters. The van der Waals surface area contributed by atoms with Crippen LogP contribution in [0.4, 0.5) is 0 Å². The Morgan fingerprint density at radius 2 is 1.73 bits per heavy atom. The van der Waals surface area contributed by atoms with Crippen molar-refractivity contribution in [2.45, 2.75) is 46.6 Å². The van der Waals surface area contributed by atoms with Crippen LogP contribution in [0.5, 0.6) is 5.75 Å². The molecule has 2 aromatic rings. The van der Waals surface area contributed by atoms with E-state index in [9.17, 15) is 9.90 Å². The molecule has 3 rings (SSSR count). The molecule has 0 aliphatic carbocycles. The second-order valence-corrected chi connectivity index (χ2v) is 8.40. The first-order valence-electron chi connectivity index (χ1n) is 11.0. The summed E-state index contributed by atoms with van der Waals surface area (Å²) in [5.41, 5.74) is 4.28. The fraction of sp³-hybridized carbons (Fsp3) is 0.423. The van der Waals surface area contributed by atoms with Crippen molar-refractivity contribution in [3.63, 3.8) is 0 Å². The molecule has 0 aromatic heterocycles. The van der Waals surface area contributed by atoms with Crippen molar-refractivity contribution in [3.8, 4) is 5.75 Å². The summed E-state index contributed by atoms with van der Waals surface area (Å²) in [5.74, 6) is 1.17. The molecule has 1 heterocycles. The van der Waals surface area contributed by atoms with Crippen molar-refractivity contribution < 1.29 is 9.90 Å². The second-order valence-electron chi connectivity index (χ2n) is 8.40. The van der Waals surface area contributed by atoms with Crippen LogP contribution in [0.2, 0.25) is 0 Å². The molecule has 0 bridgehead atoms. The number of hydrogen-bond acceptors (Lipinski definition) is 3. The van der Waals surface area contributed by atoms with E-state index in [-0.39, 0.29) is 17.6 Å². The van der Waals surface area contributed by atoms with Gasteiger partial charge in [0.1, 0.15) is 5.75 Å². The van der Waals surface area contributed by atoms with E-state index in [0.717, 1.165) is 16.7 Å². The Kier molecular flexibility index (Phi) is 6.86. The molecule has 2 aromatic carbocycles. The van der Waals surface area contributed by atoms with Gasteiger partial charge in [-0.15, -0.1) is 0 Å². The number of benzene rings is 2. The van der Waals surface area contributed by atoms with Crippen molar-refractivity contribution in [1.29, 1.82) is 0 Å². The number of phenolic OH excluding ortho intramolecular Hbond substituents is 1. The van der Waals surface area contributed by atoms with Crippen LogP contribution in [-0.4, -0.2) is 35.0 Å². The Balaban J connectivity index is 2.04. The van der Waals surface area contributed by atoms with Gasteiger partial charge in [0.25, 0.3) is 5.91 Å². The Hall–Kier alpha value is -2.75. The Morgan fingerprint density at radius 1 is 1.07 bits per heavy atom. The number of allylic oxidation sites excluding steroid dienone is 1. The van der Waals surface area contributed by atoms with Gasteiger partial charge in [0, 0.05) is 30.6 Å². The number of carbonyl (C=O) groups excluding carboxylic acids is 1. The smallest absolute Gasteiger partial charge is 0.253 e. The lowest BCUT2D eigenvalue weighted by atomic mass is 9.68. The number of nitrogens with one attached hydrogen (secondary N) is 1. The van der Waals surface area contributed by atoms with Crippen molar-refractivity contribution in [2.24, 2.45) is 11.8 Å². The van der Waals surface area contributed by atoms with Gasteiger partial charge in [-0.05, 0) is 81.1 Å². The highest BCUT2D eigenvalue weighted by Gasteiger charge is 2.35. The first-order chi connectivity index (χ1) is 14.4. The Morgan fingerprint density at radius 3 is 2.33 bits per heavy atom. The van der Waals surface area contributed by atoms with Gasteiger partial charge in [-0.3, -0.25) is 4.79 Å². The molecule has 1 amide bonds. The number of phenols is 1. The van der Waals surface area contributed by atoms with Crippen LogP contribution >= 0.6 is 0 Å². The van der Waals surface area contributed by atoms with Crippen LogP contribution in [0, 0.1) is 11.8 Å². The topological polar surface area (TPSA) is 52.6 Å². The summed E-state index contributed by atoms with van der Waals surface area (Å²) in [6.45, 7) is 12.1. The Labute approximate surface area is 180 Å². The van der Waals surface area contributed by atoms with E-state index in [1.54, 1.807) is 6.07 Å². The fourth-order valence-electron chi connectivity index (χ4n) is 4.65. The lowest BCUT2D eigenvalue weighted by Gasteiger charge is -2.40. The summed E-state index contributed by atoms with van der Waals surface area (Å²) in [6, 6.07) is 16.0. The summed E-state index contributed by atoms with van der Waals surface area (Å²) >= 11 is 0. The van der Waals surface area contributed by atoms with E-state index in [0.29, 0.717) is 31.0 Å². The zero-order valence-electron chi connectivity index (χ0n) is 18.7. The molecule has 4 nitrogen and oxygen atoms in total. The molecule has 0 saturated carbocycles. The summed E-state index contributed by atoms with van der Waals surface area (Å²) in [5, 5.41) is 13.6. The predicted molar refractivity (Wildman–Crippen MR) is 123 cm³/mol. The van der Waals surface area contributed by atoms with Gasteiger partial charge in [-0.1, -0.05) is 36.8 Å². The van der Waals surface area contributed by atoms with Gasteiger partial charge in [0.15, 0.2) is 0 Å². The van der Waals surface area contributed by atoms with Gasteiger partial charge >= 0.3 is 0 Å². The van der Waals surface area contributed by atoms with Crippen LogP contribution in [0.15, 0.2) is 60.3 Å². The molecule has 1 aliphatic heterocycles. The minimum absolute atomic E-state index is 0.0698. The minimum Gasteiger partial charge on any atom is -0.508 e. The maximum absolute atomic E-state index is 12.7. The molecule has 0 fully saturated rings. The quantitative estimate of drug-likeness (QED) is 0.697. The SMILES string of the molecule is CCN(CC)C(=O)c1ccc(C(c2cccc(O)c2)C2C(C)=CNC(C)C2C)cc1. The molecule has 0 radical (unpaired) electrons. The molecule has 1 aliphatic rings. The predicted octanol–water partition coefficient (Wildman–Crippen LogP) is 5.15. The minimum atomic E-state index is 0.0698. The lowest BCUT2D eigenvalue weighted by Crippen LogP contribution is -2.40. The molecule has 0 spiro atoms. The third kappa shape index (κ3) is 4.38. The molecular formula is C26H34N2O2. The molecule has 160 valence electrons. The largest absolute Gasteiger partial charge is 0.508 e. The van der Waals surface area contributed by atoms with Crippen molar-refractivity contribution in [1.82, 2.24) is 10.2 Å². The summed E-state index contributed by atoms with van der Waals surface area (Å²) in [6.07, 6.45) is 2.13. The van der Waals surface area contributed by atoms with Crippen LogP contribution < -0.4 is 5.32 Å². The third-order valence-electron chi connectivity index (χ3n) is 6.61. The van der Waals surface area contributed by atoms with Gasteiger partial charge in [0.2, 0.25) is 0 Å². The highest BCUT2D eigenvalue weighted by molar-refractivity contribution is 5.94. The van der Waals surface area contributed by atoms with E-state index in [1.807, 2.05) is 43.0 Å². The number of rotatable bonds is 6. The number of hydrogen-bond donors (Lipinski definition) is 2. The van der Waals surface area contributed by atoms with Crippen molar-refractivity contribution >= 4 is 5.91 Å². The summed E-state index contributed by atoms with van der Waals surface area (Å²) in [4.78, 5) is 14.6. The normalized spacial score (nSPS) is 22.0. The zero-order chi connectivity index (χ0) is 21.8. The lowest BCUT2D eigenvalue weighted by molar-refractivity contribution is 0.0773. The second kappa shape index (κ2) is 9.38. The average molecular weight is 407 g/mol. The number of aromatic hydroxyl groups is 1. The summed E-state index contributed by atoms with van der Waals surface area (Å²) in [7, 11) is 0. The number of carbonyl (C=O) groups is 1. The van der Waals surface area contributed by atoms with Crippen LogP contribution in [0.3, 0.4) is 0 Å². The zero-order valence-corrected chi connectivity index (χ0v) is 18.7. The van der Waals surface area contributed by atoms with Crippen LogP contribution in [0.25, 0.3) is 0 Å². The van der Waals surface area contributed by atoms with E-state index in [1.165, 1.54) is 5.57 Å². The maximum atomic E-state index is 12.7. The maximum Gasteiger partial charge on any atom is 0.253 e. The number of amides is 1. The van der Waals surface area contributed by atoms with Gasteiger partial charge < -0.3 is 15.3 Å². The van der Waals surface area contributed by atoms with E-state index in [4.69, 9.17) is 0 Å². The Bertz CT molecular complexity index is 900. The summed E-state index contributed by atoms with van der Waals surface area (Å²) < 4.78 is 0. The van der Waals surface area contributed by atoms with Gasteiger partial charge in [0.05, 0.1) is 0 Å². The molecule has 4 heteroatoms. The highest BCUT2D eigenvalue weighted by Crippen LogP contribution is 2.43. The number of nitrogens with zero attached hydrogens (tertiary/aromatic N) is 1. The molecule has 2 N–H and O–H groups in total. The standard InChI is InChI=1S/C26H34N2O2/c1-6-28(7-2)26(30)21-13-11-20(12-14-21)25(22-9-8-10-23(29)15-22)24-17(3)16-27-19(5)18(24)4/h8-16,18-19,24-25,27,29H,6-7H2,1-5H3. The highest BCUT2D eigenvalue weighted by atomic mass is 16.3. The van der Waals surface area contributed by atoms with Crippen LogP contribution in [-0.2, 0) is 0 Å². The van der Waals surface area contributed by atoms with Crippen molar-refractivity contribution in [2.75, 3.05) is 13.1 Å². The van der Waals surface area contributed by atoms with Crippen LogP contribution in [0.1, 0.15) is 62.0 Å². The first-order valence-corrected chi connectivity index (χ1v) is 11.0. The van der Waals surface area contributed by atoms with Gasteiger partial charge in [-0.2, -0.15) is 0 Å². The van der Waals surface area contributed by atoms with Gasteiger partial charge in [-0.25, -0.2) is 0 Å². The fourth-order valence-corrected chi connectivity index (χ4v) is 4.65. The van der Waals surface area contributed by atoms with E-state index in [2.05, 4.69) is 50.5 Å². The molecule has 30 heavy (non-hydrogen) atoms. The average Bonchev–Trinajstić information content (AvgIpc) is 2.75. The molecular weight excluding hydrogens is 372 g/mol. The van der Waals surface area contributed by atoms with E-state index >= 15 is 0 Å².